The lowest BCUT2D eigenvalue weighted by Gasteiger charge is -2.35. The predicted octanol–water partition coefficient (Wildman–Crippen LogP) is -0.0493. The maximum absolute atomic E-state index is 11.7. The minimum absolute atomic E-state index is 0.112. The Kier molecular flexibility index (Phi) is 4.31. The zero-order valence-corrected chi connectivity index (χ0v) is 10.7. The van der Waals surface area contributed by atoms with Crippen molar-refractivity contribution in [1.82, 2.24) is 9.88 Å². The van der Waals surface area contributed by atoms with E-state index >= 15 is 0 Å². The van der Waals surface area contributed by atoms with Gasteiger partial charge in [-0.25, -0.2) is 4.98 Å². The van der Waals surface area contributed by atoms with Gasteiger partial charge in [0.15, 0.2) is 0 Å². The van der Waals surface area contributed by atoms with E-state index in [2.05, 4.69) is 16.0 Å². The average molecular weight is 259 g/mol. The van der Waals surface area contributed by atoms with Gasteiger partial charge in [-0.2, -0.15) is 5.26 Å². The van der Waals surface area contributed by atoms with Gasteiger partial charge in [-0.1, -0.05) is 0 Å². The monoisotopic (exact) mass is 259 g/mol. The Morgan fingerprint density at radius 3 is 2.79 bits per heavy atom. The highest BCUT2D eigenvalue weighted by molar-refractivity contribution is 5.76. The molecule has 0 unspecified atom stereocenters. The third-order valence-corrected chi connectivity index (χ3v) is 3.19. The number of hydrogen-bond acceptors (Lipinski definition) is 5. The van der Waals surface area contributed by atoms with Gasteiger partial charge in [0.1, 0.15) is 5.82 Å². The Balaban J connectivity index is 1.96. The average Bonchev–Trinajstić information content (AvgIpc) is 2.48. The molecule has 2 N–H and O–H groups in total. The molecule has 6 nitrogen and oxygen atoms in total. The number of nitrogens with two attached hydrogens (primary N) is 1. The fourth-order valence-electron chi connectivity index (χ4n) is 2.13. The van der Waals surface area contributed by atoms with E-state index in [9.17, 15) is 4.79 Å². The first kappa shape index (κ1) is 13.3. The van der Waals surface area contributed by atoms with E-state index in [1.54, 1.807) is 18.3 Å². The topological polar surface area (TPSA) is 86.2 Å². The van der Waals surface area contributed by atoms with Gasteiger partial charge in [-0.15, -0.1) is 0 Å². The van der Waals surface area contributed by atoms with Gasteiger partial charge in [-0.05, 0) is 12.1 Å². The highest BCUT2D eigenvalue weighted by Gasteiger charge is 2.21. The van der Waals surface area contributed by atoms with Crippen molar-refractivity contribution in [3.8, 4) is 6.07 Å². The molecule has 0 aliphatic carbocycles. The van der Waals surface area contributed by atoms with Crippen molar-refractivity contribution in [1.29, 1.82) is 5.26 Å². The van der Waals surface area contributed by atoms with Crippen LogP contribution in [0.5, 0.6) is 0 Å². The smallest absolute Gasteiger partial charge is 0.223 e. The normalized spacial score (nSPS) is 15.2. The zero-order chi connectivity index (χ0) is 13.7. The Labute approximate surface area is 112 Å². The van der Waals surface area contributed by atoms with Gasteiger partial charge in [-0.3, -0.25) is 4.79 Å². The first-order valence-electron chi connectivity index (χ1n) is 6.33. The fraction of sp³-hybridized carbons (Fsp3) is 0.462. The van der Waals surface area contributed by atoms with Crippen LogP contribution >= 0.6 is 0 Å². The summed E-state index contributed by atoms with van der Waals surface area (Å²) in [6.45, 7) is 3.22. The van der Waals surface area contributed by atoms with Crippen LogP contribution in [-0.2, 0) is 4.79 Å². The van der Waals surface area contributed by atoms with Crippen LogP contribution < -0.4 is 10.6 Å². The molecule has 100 valence electrons. The van der Waals surface area contributed by atoms with E-state index in [-0.39, 0.29) is 5.91 Å². The Morgan fingerprint density at radius 1 is 1.42 bits per heavy atom. The first-order valence-corrected chi connectivity index (χ1v) is 6.33. The van der Waals surface area contributed by atoms with E-state index < -0.39 is 0 Å². The molecule has 0 spiro atoms. The third-order valence-electron chi connectivity index (χ3n) is 3.19. The predicted molar refractivity (Wildman–Crippen MR) is 71.4 cm³/mol. The summed E-state index contributed by atoms with van der Waals surface area (Å²) in [7, 11) is 0. The van der Waals surface area contributed by atoms with Crippen LogP contribution in [0.15, 0.2) is 18.3 Å². The molecule has 2 rings (SSSR count). The second kappa shape index (κ2) is 6.16. The third kappa shape index (κ3) is 3.20. The van der Waals surface area contributed by atoms with Gasteiger partial charge in [0.25, 0.3) is 0 Å². The van der Waals surface area contributed by atoms with Gasteiger partial charge in [0.2, 0.25) is 5.91 Å². The molecule has 1 aliphatic rings. The number of nitriles is 1. The molecular weight excluding hydrogens is 242 g/mol. The maximum atomic E-state index is 11.7. The number of anilines is 1. The van der Waals surface area contributed by atoms with Gasteiger partial charge < -0.3 is 15.5 Å². The summed E-state index contributed by atoms with van der Waals surface area (Å²) in [6.07, 6.45) is 2.04. The number of aromatic nitrogens is 1. The summed E-state index contributed by atoms with van der Waals surface area (Å²) in [5.74, 6) is 0.908. The molecule has 1 amide bonds. The van der Waals surface area contributed by atoms with Gasteiger partial charge in [0.05, 0.1) is 11.6 Å². The van der Waals surface area contributed by atoms with Crippen LogP contribution in [0.1, 0.15) is 12.0 Å². The van der Waals surface area contributed by atoms with E-state index in [0.29, 0.717) is 31.6 Å². The lowest BCUT2D eigenvalue weighted by molar-refractivity contribution is -0.131. The number of pyridine rings is 1. The Morgan fingerprint density at radius 2 is 2.16 bits per heavy atom. The Bertz CT molecular complexity index is 488. The molecule has 1 aromatic rings. The minimum Gasteiger partial charge on any atom is -0.353 e. The van der Waals surface area contributed by atoms with Gasteiger partial charge in [0, 0.05) is 45.3 Å². The molecule has 1 aromatic heterocycles. The summed E-state index contributed by atoms with van der Waals surface area (Å²) in [5.41, 5.74) is 5.99. The van der Waals surface area contributed by atoms with Crippen molar-refractivity contribution in [2.45, 2.75) is 6.42 Å². The summed E-state index contributed by atoms with van der Waals surface area (Å²) in [6, 6.07) is 5.57. The molecule has 0 radical (unpaired) electrons. The van der Waals surface area contributed by atoms with E-state index in [0.717, 1.165) is 18.9 Å². The number of amides is 1. The molecular formula is C13H17N5O. The fourth-order valence-corrected chi connectivity index (χ4v) is 2.13. The molecule has 0 aromatic carbocycles. The standard InChI is InChI=1S/C13H17N5O/c14-3-1-13(19)18-7-5-17(6-8-18)12-9-11(10-15)2-4-16-12/h2,4,9H,1,3,5-8,14H2. The molecule has 19 heavy (non-hydrogen) atoms. The largest absolute Gasteiger partial charge is 0.353 e. The number of hydrogen-bond donors (Lipinski definition) is 1. The summed E-state index contributed by atoms with van der Waals surface area (Å²) in [5, 5.41) is 8.87. The lowest BCUT2D eigenvalue weighted by Crippen LogP contribution is -2.49. The molecule has 0 saturated carbocycles. The van der Waals surface area contributed by atoms with Crippen molar-refractivity contribution >= 4 is 11.7 Å². The lowest BCUT2D eigenvalue weighted by atomic mass is 10.2. The highest BCUT2D eigenvalue weighted by atomic mass is 16.2. The van der Waals surface area contributed by atoms with Gasteiger partial charge >= 0.3 is 0 Å². The molecule has 1 fully saturated rings. The number of nitrogens with zero attached hydrogens (tertiary/aromatic N) is 4. The molecule has 1 aliphatic heterocycles. The summed E-state index contributed by atoms with van der Waals surface area (Å²) < 4.78 is 0. The molecule has 1 saturated heterocycles. The number of carbonyl (C=O) groups is 1. The summed E-state index contributed by atoms with van der Waals surface area (Å²) in [4.78, 5) is 19.9. The van der Waals surface area contributed by atoms with Crippen molar-refractivity contribution in [3.63, 3.8) is 0 Å². The van der Waals surface area contributed by atoms with E-state index in [1.807, 2.05) is 4.90 Å². The Hall–Kier alpha value is -2.13. The maximum Gasteiger partial charge on any atom is 0.223 e. The molecule has 0 bridgehead atoms. The van der Waals surface area contributed by atoms with Crippen molar-refractivity contribution in [2.75, 3.05) is 37.6 Å². The van der Waals surface area contributed by atoms with Crippen LogP contribution in [-0.4, -0.2) is 48.5 Å². The van der Waals surface area contributed by atoms with Crippen LogP contribution in [0.4, 0.5) is 5.82 Å². The number of carbonyl (C=O) groups excluding carboxylic acids is 1. The van der Waals surface area contributed by atoms with Crippen molar-refractivity contribution in [2.24, 2.45) is 5.73 Å². The minimum atomic E-state index is 0.112. The van der Waals surface area contributed by atoms with E-state index in [1.165, 1.54) is 0 Å². The zero-order valence-electron chi connectivity index (χ0n) is 10.7. The quantitative estimate of drug-likeness (QED) is 0.822. The SMILES string of the molecule is N#Cc1ccnc(N2CCN(C(=O)CCN)CC2)c1. The number of rotatable bonds is 3. The molecule has 6 heteroatoms. The molecule has 0 atom stereocenters. The van der Waals surface area contributed by atoms with Crippen molar-refractivity contribution in [3.05, 3.63) is 23.9 Å². The van der Waals surface area contributed by atoms with Crippen molar-refractivity contribution < 1.29 is 4.79 Å². The van der Waals surface area contributed by atoms with Crippen LogP contribution in [0.2, 0.25) is 0 Å². The van der Waals surface area contributed by atoms with Crippen LogP contribution in [0.25, 0.3) is 0 Å². The number of piperazine rings is 1. The second-order valence-corrected chi connectivity index (χ2v) is 4.42. The summed E-state index contributed by atoms with van der Waals surface area (Å²) >= 11 is 0. The van der Waals surface area contributed by atoms with Crippen LogP contribution in [0, 0.1) is 11.3 Å². The highest BCUT2D eigenvalue weighted by Crippen LogP contribution is 2.15. The first-order chi connectivity index (χ1) is 9.24. The van der Waals surface area contributed by atoms with Crippen LogP contribution in [0.3, 0.4) is 0 Å². The second-order valence-electron chi connectivity index (χ2n) is 4.42. The van der Waals surface area contributed by atoms with E-state index in [4.69, 9.17) is 11.0 Å². The molecule has 2 heterocycles.